The van der Waals surface area contributed by atoms with E-state index in [0.717, 1.165) is 29.0 Å². The molecule has 1 heterocycles. The summed E-state index contributed by atoms with van der Waals surface area (Å²) in [6.45, 7) is 4.87. The third-order valence-electron chi connectivity index (χ3n) is 4.83. The van der Waals surface area contributed by atoms with Gasteiger partial charge in [-0.25, -0.2) is 0 Å². The molecule has 0 spiro atoms. The number of aliphatic carboxylic acids is 1. The highest BCUT2D eigenvalue weighted by atomic mass is 35.5. The monoisotopic (exact) mass is 423 g/mol. The molecular weight excluding hydrogens is 401 g/mol. The molecule has 2 aromatic rings. The van der Waals surface area contributed by atoms with Crippen molar-refractivity contribution in [1.82, 2.24) is 4.90 Å². The van der Waals surface area contributed by atoms with Crippen LogP contribution in [-0.2, 0) is 16.1 Å². The van der Waals surface area contributed by atoms with E-state index in [4.69, 9.17) is 37.8 Å². The maximum absolute atomic E-state index is 10.8. The third kappa shape index (κ3) is 5.39. The molecule has 1 unspecified atom stereocenters. The van der Waals surface area contributed by atoms with Crippen LogP contribution in [0.25, 0.3) is 0 Å². The van der Waals surface area contributed by atoms with Gasteiger partial charge in [0.05, 0.1) is 19.1 Å². The third-order valence-corrected chi connectivity index (χ3v) is 5.53. The molecule has 1 fully saturated rings. The van der Waals surface area contributed by atoms with Crippen molar-refractivity contribution < 1.29 is 19.4 Å². The number of carbonyl (C=O) groups is 1. The molecule has 1 saturated heterocycles. The lowest BCUT2D eigenvalue weighted by Crippen LogP contribution is -2.39. The first-order chi connectivity index (χ1) is 13.4. The lowest BCUT2D eigenvalue weighted by Gasteiger charge is -2.33. The number of ether oxygens (including phenoxy) is 2. The molecule has 2 aromatic carbocycles. The van der Waals surface area contributed by atoms with E-state index in [1.165, 1.54) is 0 Å². The first kappa shape index (κ1) is 20.9. The second-order valence-electron chi connectivity index (χ2n) is 6.81. The summed E-state index contributed by atoms with van der Waals surface area (Å²) in [5.74, 6) is -0.0462. The fraction of sp³-hybridized carbons (Fsp3) is 0.381. The number of nitrogens with zero attached hydrogens (tertiary/aromatic N) is 1. The number of carboxylic acids is 1. The van der Waals surface area contributed by atoms with Crippen molar-refractivity contribution in [2.75, 3.05) is 26.2 Å². The Morgan fingerprint density at radius 2 is 2.04 bits per heavy atom. The van der Waals surface area contributed by atoms with Crippen LogP contribution in [0.5, 0.6) is 5.75 Å². The second kappa shape index (κ2) is 9.61. The molecule has 0 radical (unpaired) electrons. The first-order valence-corrected chi connectivity index (χ1v) is 9.91. The summed E-state index contributed by atoms with van der Waals surface area (Å²) in [6.07, 6.45) is 0.0675. The van der Waals surface area contributed by atoms with Crippen LogP contribution in [-0.4, -0.2) is 42.2 Å². The van der Waals surface area contributed by atoms with Gasteiger partial charge < -0.3 is 14.6 Å². The van der Waals surface area contributed by atoms with Crippen LogP contribution in [0.2, 0.25) is 10.0 Å². The van der Waals surface area contributed by atoms with Gasteiger partial charge in [0.25, 0.3) is 0 Å². The Hall–Kier alpha value is -1.79. The number of morpholine rings is 1. The minimum atomic E-state index is -0.778. The Labute approximate surface area is 174 Å². The average molecular weight is 424 g/mol. The molecule has 0 amide bonds. The lowest BCUT2D eigenvalue weighted by molar-refractivity contribution is -0.137. The standard InChI is InChI=1S/C21H23Cl2NO4/c1-14-11-15(28-13-17-18(22)3-2-4-19(17)23)5-6-16(14)20-12-24(9-10-27-20)8-7-21(25)26/h2-6,11,20H,7-10,12-13H2,1H3,(H,25,26). The molecule has 1 aliphatic rings. The molecule has 0 bridgehead atoms. The van der Waals surface area contributed by atoms with Gasteiger partial charge in [0.2, 0.25) is 0 Å². The number of halogens is 2. The summed E-state index contributed by atoms with van der Waals surface area (Å²) < 4.78 is 11.8. The van der Waals surface area contributed by atoms with Gasteiger partial charge in [-0.1, -0.05) is 35.3 Å². The van der Waals surface area contributed by atoms with Crippen LogP contribution < -0.4 is 4.74 Å². The van der Waals surface area contributed by atoms with Gasteiger partial charge in [-0.3, -0.25) is 9.69 Å². The highest BCUT2D eigenvalue weighted by Gasteiger charge is 2.23. The summed E-state index contributed by atoms with van der Waals surface area (Å²) in [5.41, 5.74) is 2.91. The smallest absolute Gasteiger partial charge is 0.304 e. The van der Waals surface area contributed by atoms with Crippen molar-refractivity contribution >= 4 is 29.2 Å². The number of aryl methyl sites for hydroxylation is 1. The molecule has 0 aromatic heterocycles. The molecule has 0 saturated carbocycles. The number of rotatable bonds is 7. The van der Waals surface area contributed by atoms with Gasteiger partial charge >= 0.3 is 5.97 Å². The van der Waals surface area contributed by atoms with Crippen molar-refractivity contribution in [1.29, 1.82) is 0 Å². The molecule has 0 aliphatic carbocycles. The highest BCUT2D eigenvalue weighted by Crippen LogP contribution is 2.30. The predicted octanol–water partition coefficient (Wildman–Crippen LogP) is 4.73. The van der Waals surface area contributed by atoms with E-state index in [2.05, 4.69) is 4.90 Å². The summed E-state index contributed by atoms with van der Waals surface area (Å²) in [5, 5.41) is 10.0. The first-order valence-electron chi connectivity index (χ1n) is 9.16. The predicted molar refractivity (Wildman–Crippen MR) is 109 cm³/mol. The van der Waals surface area contributed by atoms with E-state index in [1.54, 1.807) is 18.2 Å². The highest BCUT2D eigenvalue weighted by molar-refractivity contribution is 6.35. The quantitative estimate of drug-likeness (QED) is 0.697. The van der Waals surface area contributed by atoms with Crippen LogP contribution in [0.4, 0.5) is 0 Å². The zero-order chi connectivity index (χ0) is 20.1. The minimum Gasteiger partial charge on any atom is -0.489 e. The number of carboxylic acid groups (broad SMARTS) is 1. The van der Waals surface area contributed by atoms with E-state index in [-0.39, 0.29) is 12.5 Å². The van der Waals surface area contributed by atoms with Crippen molar-refractivity contribution in [2.45, 2.75) is 26.1 Å². The molecular formula is C21H23Cl2NO4. The van der Waals surface area contributed by atoms with Crippen molar-refractivity contribution in [3.63, 3.8) is 0 Å². The zero-order valence-electron chi connectivity index (χ0n) is 15.7. The fourth-order valence-electron chi connectivity index (χ4n) is 3.27. The van der Waals surface area contributed by atoms with Crippen LogP contribution in [0, 0.1) is 6.92 Å². The molecule has 7 heteroatoms. The fourth-order valence-corrected chi connectivity index (χ4v) is 3.78. The van der Waals surface area contributed by atoms with Crippen molar-refractivity contribution in [2.24, 2.45) is 0 Å². The summed E-state index contributed by atoms with van der Waals surface area (Å²) >= 11 is 12.4. The van der Waals surface area contributed by atoms with Gasteiger partial charge in [0, 0.05) is 35.2 Å². The van der Waals surface area contributed by atoms with E-state index in [0.29, 0.717) is 36.3 Å². The van der Waals surface area contributed by atoms with E-state index in [9.17, 15) is 4.79 Å². The topological polar surface area (TPSA) is 59.0 Å². The molecule has 1 atom stereocenters. The summed E-state index contributed by atoms with van der Waals surface area (Å²) in [6, 6.07) is 11.3. The number of hydrogen-bond donors (Lipinski definition) is 1. The van der Waals surface area contributed by atoms with Crippen molar-refractivity contribution in [3.8, 4) is 5.75 Å². The Morgan fingerprint density at radius 1 is 1.29 bits per heavy atom. The number of hydrogen-bond acceptors (Lipinski definition) is 4. The lowest BCUT2D eigenvalue weighted by atomic mass is 10.0. The zero-order valence-corrected chi connectivity index (χ0v) is 17.2. The van der Waals surface area contributed by atoms with E-state index in [1.807, 2.05) is 25.1 Å². The van der Waals surface area contributed by atoms with Crippen LogP contribution in [0.3, 0.4) is 0 Å². The van der Waals surface area contributed by atoms with Gasteiger partial charge in [-0.2, -0.15) is 0 Å². The molecule has 150 valence electrons. The average Bonchev–Trinajstić information content (AvgIpc) is 2.66. The maximum Gasteiger partial charge on any atom is 0.304 e. The Bertz CT molecular complexity index is 823. The van der Waals surface area contributed by atoms with E-state index >= 15 is 0 Å². The molecule has 1 N–H and O–H groups in total. The Kier molecular flexibility index (Phi) is 7.18. The maximum atomic E-state index is 10.8. The molecule has 1 aliphatic heterocycles. The Balaban J connectivity index is 1.64. The van der Waals surface area contributed by atoms with Gasteiger partial charge in [0.1, 0.15) is 12.4 Å². The SMILES string of the molecule is Cc1cc(OCc2c(Cl)cccc2Cl)ccc1C1CN(CCC(=O)O)CCO1. The molecule has 3 rings (SSSR count). The number of benzene rings is 2. The largest absolute Gasteiger partial charge is 0.489 e. The summed E-state index contributed by atoms with van der Waals surface area (Å²) in [7, 11) is 0. The molecule has 5 nitrogen and oxygen atoms in total. The Morgan fingerprint density at radius 3 is 2.71 bits per heavy atom. The normalized spacial score (nSPS) is 17.5. The summed E-state index contributed by atoms with van der Waals surface area (Å²) in [4.78, 5) is 12.9. The van der Waals surface area contributed by atoms with Crippen molar-refractivity contribution in [3.05, 3.63) is 63.1 Å². The second-order valence-corrected chi connectivity index (χ2v) is 7.63. The van der Waals surface area contributed by atoms with Gasteiger partial charge in [-0.15, -0.1) is 0 Å². The van der Waals surface area contributed by atoms with E-state index < -0.39 is 5.97 Å². The van der Waals surface area contributed by atoms with Gasteiger partial charge in [0.15, 0.2) is 0 Å². The van der Waals surface area contributed by atoms with Gasteiger partial charge in [-0.05, 0) is 42.3 Å². The minimum absolute atomic E-state index is 0.0744. The van der Waals surface area contributed by atoms with Crippen LogP contribution >= 0.6 is 23.2 Å². The van der Waals surface area contributed by atoms with Crippen LogP contribution in [0.1, 0.15) is 29.2 Å². The molecule has 28 heavy (non-hydrogen) atoms. The van der Waals surface area contributed by atoms with Crippen LogP contribution in [0.15, 0.2) is 36.4 Å².